The molecule has 1 heterocycles. The van der Waals surface area contributed by atoms with Gasteiger partial charge in [0.05, 0.1) is 18.1 Å². The average Bonchev–Trinajstić information content (AvgIpc) is 3.30. The van der Waals surface area contributed by atoms with Gasteiger partial charge in [-0.1, -0.05) is 29.5 Å². The largest absolute Gasteiger partial charge is 0.390 e. The number of aliphatic hydroxyl groups excluding tert-OH is 2. The Morgan fingerprint density at radius 3 is 2.64 bits per heavy atom. The molecule has 1 amide bonds. The fourth-order valence-electron chi connectivity index (χ4n) is 3.40. The molecule has 2 fully saturated rings. The Morgan fingerprint density at radius 1 is 1.24 bits per heavy atom. The molecule has 1 aromatic rings. The van der Waals surface area contributed by atoms with Crippen LogP contribution in [-0.4, -0.2) is 50.8 Å². The van der Waals surface area contributed by atoms with Gasteiger partial charge >= 0.3 is 0 Å². The molecule has 3 aliphatic rings. The highest BCUT2D eigenvalue weighted by atomic mass is 32.2. The predicted octanol–water partition coefficient (Wildman–Crippen LogP) is 1.27. The van der Waals surface area contributed by atoms with Crippen molar-refractivity contribution >= 4 is 28.5 Å². The van der Waals surface area contributed by atoms with Gasteiger partial charge in [-0.05, 0) is 38.3 Å². The van der Waals surface area contributed by atoms with Crippen molar-refractivity contribution in [3.63, 3.8) is 0 Å². The van der Waals surface area contributed by atoms with Crippen molar-refractivity contribution in [2.24, 2.45) is 10.9 Å². The van der Waals surface area contributed by atoms with Crippen LogP contribution in [0.5, 0.6) is 0 Å². The van der Waals surface area contributed by atoms with Crippen LogP contribution in [0.3, 0.4) is 0 Å². The molecule has 0 aromatic heterocycles. The van der Waals surface area contributed by atoms with Gasteiger partial charge in [0, 0.05) is 17.0 Å². The molecule has 134 valence electrons. The van der Waals surface area contributed by atoms with E-state index in [-0.39, 0.29) is 29.5 Å². The van der Waals surface area contributed by atoms with Crippen molar-refractivity contribution in [1.82, 2.24) is 5.32 Å². The number of amides is 1. The van der Waals surface area contributed by atoms with E-state index in [9.17, 15) is 15.0 Å². The monoisotopic (exact) mass is 361 g/mol. The lowest BCUT2D eigenvalue weighted by molar-refractivity contribution is -0.129. The summed E-state index contributed by atoms with van der Waals surface area (Å²) in [4.78, 5) is 17.1. The van der Waals surface area contributed by atoms with E-state index in [1.165, 1.54) is 17.3 Å². The number of benzene rings is 1. The highest BCUT2D eigenvalue weighted by Crippen LogP contribution is 2.41. The van der Waals surface area contributed by atoms with E-state index in [1.54, 1.807) is 0 Å². The number of nitrogens with zero attached hydrogens (tertiary/aromatic N) is 1. The first-order valence-corrected chi connectivity index (χ1v) is 9.64. The lowest BCUT2D eigenvalue weighted by Gasteiger charge is -2.37. The summed E-state index contributed by atoms with van der Waals surface area (Å²) in [5.41, 5.74) is 2.10. The van der Waals surface area contributed by atoms with E-state index in [1.807, 2.05) is 31.2 Å². The first kappa shape index (κ1) is 16.9. The first-order chi connectivity index (χ1) is 12.0. The Kier molecular flexibility index (Phi) is 4.47. The number of rotatable bonds is 3. The second-order valence-electron chi connectivity index (χ2n) is 7.18. The topological polar surface area (TPSA) is 94.0 Å². The molecule has 0 radical (unpaired) electrons. The minimum atomic E-state index is -0.931. The molecular weight excluding hydrogens is 338 g/mol. The lowest BCUT2D eigenvalue weighted by Crippen LogP contribution is -2.54. The highest BCUT2D eigenvalue weighted by Gasteiger charge is 2.50. The van der Waals surface area contributed by atoms with Crippen LogP contribution in [0.25, 0.3) is 0 Å². The van der Waals surface area contributed by atoms with Crippen molar-refractivity contribution in [2.45, 2.75) is 55.7 Å². The zero-order valence-electron chi connectivity index (χ0n) is 14.1. The maximum absolute atomic E-state index is 12.6. The van der Waals surface area contributed by atoms with E-state index in [0.717, 1.165) is 18.5 Å². The molecule has 6 nitrogen and oxygen atoms in total. The van der Waals surface area contributed by atoms with Crippen LogP contribution >= 0.6 is 11.8 Å². The van der Waals surface area contributed by atoms with Gasteiger partial charge in [-0.15, -0.1) is 0 Å². The van der Waals surface area contributed by atoms with E-state index in [2.05, 4.69) is 15.6 Å². The molecule has 4 rings (SSSR count). The molecule has 0 saturated heterocycles. The zero-order chi connectivity index (χ0) is 17.6. The molecule has 1 aromatic carbocycles. The molecule has 2 saturated carbocycles. The van der Waals surface area contributed by atoms with E-state index >= 15 is 0 Å². The number of aryl methyl sites for hydroxylation is 1. The standard InChI is InChI=1S/C18H23N3O3S/c1-9-2-4-11(5-3-9)20-18-21-14-15(23)13(22)8-12(16(14)25-18)17(24)19-10-6-7-10/h2-5,10,12-16,22-23H,6-8H2,1H3,(H,19,24)(H,20,21)/t12-,13+,14+,15-,16+/m0/s1. The number of anilines is 1. The van der Waals surface area contributed by atoms with Gasteiger partial charge in [0.15, 0.2) is 5.17 Å². The average molecular weight is 361 g/mol. The Labute approximate surface area is 151 Å². The van der Waals surface area contributed by atoms with Gasteiger partial charge in [0.2, 0.25) is 5.91 Å². The number of hydrogen-bond acceptors (Lipinski definition) is 6. The van der Waals surface area contributed by atoms with E-state index < -0.39 is 18.2 Å². The van der Waals surface area contributed by atoms with Gasteiger partial charge < -0.3 is 20.8 Å². The quantitative estimate of drug-likeness (QED) is 0.650. The molecule has 7 heteroatoms. The fourth-order valence-corrected chi connectivity index (χ4v) is 4.78. The summed E-state index contributed by atoms with van der Waals surface area (Å²) in [5.74, 6) is -0.363. The summed E-state index contributed by atoms with van der Waals surface area (Å²) in [6.45, 7) is 2.03. The van der Waals surface area contributed by atoms with Crippen LogP contribution in [0.2, 0.25) is 0 Å². The van der Waals surface area contributed by atoms with Crippen LogP contribution < -0.4 is 10.6 Å². The molecule has 5 atom stereocenters. The second-order valence-corrected chi connectivity index (χ2v) is 8.35. The van der Waals surface area contributed by atoms with Crippen molar-refractivity contribution in [3.05, 3.63) is 29.8 Å². The number of amidine groups is 1. The van der Waals surface area contributed by atoms with Crippen LogP contribution in [-0.2, 0) is 4.79 Å². The highest BCUT2D eigenvalue weighted by molar-refractivity contribution is 8.15. The summed E-state index contributed by atoms with van der Waals surface area (Å²) in [6, 6.07) is 7.80. The van der Waals surface area contributed by atoms with E-state index in [0.29, 0.717) is 5.17 Å². The number of nitrogens with one attached hydrogen (secondary N) is 2. The van der Waals surface area contributed by atoms with Gasteiger partial charge in [0.1, 0.15) is 6.10 Å². The van der Waals surface area contributed by atoms with Gasteiger partial charge in [-0.25, -0.2) is 0 Å². The minimum Gasteiger partial charge on any atom is -0.390 e. The molecule has 4 N–H and O–H groups in total. The molecular formula is C18H23N3O3S. The molecule has 1 aliphatic heterocycles. The number of thioether (sulfide) groups is 1. The molecule has 0 bridgehead atoms. The first-order valence-electron chi connectivity index (χ1n) is 8.76. The van der Waals surface area contributed by atoms with Crippen LogP contribution in [0.4, 0.5) is 5.69 Å². The Hall–Kier alpha value is -1.57. The number of aliphatic imine (C=N–C) groups is 1. The van der Waals surface area contributed by atoms with Gasteiger partial charge in [-0.2, -0.15) is 0 Å². The number of fused-ring (bicyclic) bond motifs is 1. The maximum atomic E-state index is 12.6. The summed E-state index contributed by atoms with van der Waals surface area (Å²) in [5, 5.41) is 27.3. The number of carbonyl (C=O) groups is 1. The number of aliphatic hydroxyl groups is 2. The van der Waals surface area contributed by atoms with Crippen molar-refractivity contribution < 1.29 is 15.0 Å². The summed E-state index contributed by atoms with van der Waals surface area (Å²) < 4.78 is 0. The third-order valence-electron chi connectivity index (χ3n) is 5.05. The van der Waals surface area contributed by atoms with Crippen LogP contribution in [0.1, 0.15) is 24.8 Å². The van der Waals surface area contributed by atoms with Crippen molar-refractivity contribution in [2.75, 3.05) is 5.32 Å². The smallest absolute Gasteiger partial charge is 0.224 e. The normalized spacial score (nSPS) is 34.2. The minimum absolute atomic E-state index is 0.0252. The summed E-state index contributed by atoms with van der Waals surface area (Å²) in [7, 11) is 0. The molecule has 2 aliphatic carbocycles. The van der Waals surface area contributed by atoms with Crippen molar-refractivity contribution in [3.8, 4) is 0 Å². The molecule has 25 heavy (non-hydrogen) atoms. The predicted molar refractivity (Wildman–Crippen MR) is 98.7 cm³/mol. The van der Waals surface area contributed by atoms with Crippen LogP contribution in [0.15, 0.2) is 29.3 Å². The fraction of sp³-hybridized carbons (Fsp3) is 0.556. The van der Waals surface area contributed by atoms with Gasteiger partial charge in [0.25, 0.3) is 0 Å². The molecule has 0 spiro atoms. The third-order valence-corrected chi connectivity index (χ3v) is 6.36. The summed E-state index contributed by atoms with van der Waals surface area (Å²) >= 11 is 1.49. The Morgan fingerprint density at radius 2 is 1.96 bits per heavy atom. The molecule has 0 unspecified atom stereocenters. The maximum Gasteiger partial charge on any atom is 0.224 e. The Balaban J connectivity index is 1.49. The van der Waals surface area contributed by atoms with Crippen molar-refractivity contribution in [1.29, 1.82) is 0 Å². The lowest BCUT2D eigenvalue weighted by atomic mass is 9.81. The SMILES string of the molecule is Cc1ccc(NC2=N[C@@H]3[C@@H](O)[C@H](O)C[C@H](C(=O)NC4CC4)[C@H]3S2)cc1. The zero-order valence-corrected chi connectivity index (χ0v) is 14.9. The number of carbonyl (C=O) groups excluding carboxylic acids is 1. The second kappa shape index (κ2) is 6.63. The van der Waals surface area contributed by atoms with Crippen LogP contribution in [0, 0.1) is 12.8 Å². The Bertz CT molecular complexity index is 689. The summed E-state index contributed by atoms with van der Waals surface area (Å²) in [6.07, 6.45) is 0.490. The third kappa shape index (κ3) is 3.54. The van der Waals surface area contributed by atoms with Gasteiger partial charge in [-0.3, -0.25) is 9.79 Å². The van der Waals surface area contributed by atoms with E-state index in [4.69, 9.17) is 0 Å². The number of hydrogen-bond donors (Lipinski definition) is 4.